The summed E-state index contributed by atoms with van der Waals surface area (Å²) in [6, 6.07) is 16.5. The molecule has 0 aromatic heterocycles. The van der Waals surface area contributed by atoms with Gasteiger partial charge in [-0.3, -0.25) is 14.5 Å². The van der Waals surface area contributed by atoms with Gasteiger partial charge in [0.25, 0.3) is 0 Å². The number of likely N-dealkylation sites (tertiary alicyclic amines) is 1. The van der Waals surface area contributed by atoms with Crippen LogP contribution in [0.1, 0.15) is 36.8 Å². The first-order valence-electron chi connectivity index (χ1n) is 15.2. The number of benzene rings is 3. The number of carbonyl (C=O) groups excluding carboxylic acids is 2. The molecule has 3 aromatic rings. The Hall–Kier alpha value is -4.08. The number of carbonyl (C=O) groups is 2. The molecule has 3 aromatic carbocycles. The molecule has 3 fully saturated rings. The van der Waals surface area contributed by atoms with E-state index < -0.39 is 28.9 Å². The van der Waals surface area contributed by atoms with Gasteiger partial charge in [-0.2, -0.15) is 0 Å². The van der Waals surface area contributed by atoms with E-state index >= 15 is 0 Å². The number of ketones is 1. The first-order chi connectivity index (χ1) is 20.9. The molecule has 2 saturated carbocycles. The second kappa shape index (κ2) is 8.74. The molecular formula is C34H32N2O7. The Bertz CT molecular complexity index is 1700. The Morgan fingerprint density at radius 3 is 2.63 bits per heavy atom. The number of Topliss-reactive ketones (excluding diaryl/α,β-unsaturated/α-hetero) is 1. The van der Waals surface area contributed by atoms with E-state index in [0.717, 1.165) is 35.3 Å². The number of nitrogens with zero attached hydrogens (tertiary/aromatic N) is 1. The highest BCUT2D eigenvalue weighted by molar-refractivity contribution is 6.10. The molecule has 9 rings (SSSR count). The monoisotopic (exact) mass is 580 g/mol. The molecule has 1 saturated heterocycles. The lowest BCUT2D eigenvalue weighted by Gasteiger charge is -2.63. The second-order valence-corrected chi connectivity index (χ2v) is 13.0. The van der Waals surface area contributed by atoms with Crippen molar-refractivity contribution in [2.24, 2.45) is 11.8 Å². The number of aliphatic hydroxyl groups is 1. The van der Waals surface area contributed by atoms with Gasteiger partial charge in [0.15, 0.2) is 34.9 Å². The van der Waals surface area contributed by atoms with Crippen LogP contribution in [0.2, 0.25) is 0 Å². The lowest BCUT2D eigenvalue weighted by Crippen LogP contribution is -2.78. The van der Waals surface area contributed by atoms with Crippen LogP contribution in [0.4, 0.5) is 5.69 Å². The van der Waals surface area contributed by atoms with Crippen LogP contribution in [0.15, 0.2) is 54.6 Å². The van der Waals surface area contributed by atoms with Crippen LogP contribution in [0.5, 0.6) is 23.0 Å². The van der Waals surface area contributed by atoms with Crippen LogP contribution < -0.4 is 19.5 Å². The van der Waals surface area contributed by atoms with E-state index in [0.29, 0.717) is 41.7 Å². The third-order valence-corrected chi connectivity index (χ3v) is 10.8. The normalized spacial score (nSPS) is 31.4. The average molecular weight is 581 g/mol. The molecule has 220 valence electrons. The maximum absolute atomic E-state index is 14.1. The first kappa shape index (κ1) is 25.4. The zero-order chi connectivity index (χ0) is 29.1. The maximum atomic E-state index is 14.1. The molecule has 0 radical (unpaired) electrons. The Morgan fingerprint density at radius 1 is 1.02 bits per heavy atom. The summed E-state index contributed by atoms with van der Waals surface area (Å²) in [4.78, 5) is 30.3. The SMILES string of the molecule is O=C(Nc1ccc(-c2ccc3c(c2)OCO3)cc1)C1C[C@@]2(O)[C@H]3Cc4ccc(O)c5c4[C@@]2(CCN3CC2CC2)[C@@H](O5)C1=O. The largest absolute Gasteiger partial charge is 0.504 e. The predicted molar refractivity (Wildman–Crippen MR) is 155 cm³/mol. The summed E-state index contributed by atoms with van der Waals surface area (Å²) in [5.41, 5.74) is 1.92. The molecule has 3 N–H and O–H groups in total. The third kappa shape index (κ3) is 3.46. The van der Waals surface area contributed by atoms with Crippen molar-refractivity contribution in [3.05, 3.63) is 65.7 Å². The van der Waals surface area contributed by atoms with E-state index in [4.69, 9.17) is 14.2 Å². The summed E-state index contributed by atoms with van der Waals surface area (Å²) in [5.74, 6) is 0.437. The molecule has 9 nitrogen and oxygen atoms in total. The fraction of sp³-hybridized carbons (Fsp3) is 0.412. The Labute approximate surface area is 248 Å². The van der Waals surface area contributed by atoms with E-state index in [1.807, 2.05) is 36.4 Å². The molecular weight excluding hydrogens is 548 g/mol. The number of amides is 1. The number of fused-ring (bicyclic) bond motifs is 1. The molecule has 2 bridgehead atoms. The topological polar surface area (TPSA) is 118 Å². The molecule has 3 heterocycles. The highest BCUT2D eigenvalue weighted by Crippen LogP contribution is 2.65. The molecule has 1 unspecified atom stereocenters. The molecule has 9 heteroatoms. The number of phenolic OH excluding ortho intramolecular Hbond substituents is 1. The summed E-state index contributed by atoms with van der Waals surface area (Å²) in [6.45, 7) is 1.87. The van der Waals surface area contributed by atoms with Crippen molar-refractivity contribution in [2.75, 3.05) is 25.2 Å². The van der Waals surface area contributed by atoms with Crippen LogP contribution in [0.3, 0.4) is 0 Å². The van der Waals surface area contributed by atoms with Gasteiger partial charge in [-0.1, -0.05) is 24.3 Å². The average Bonchev–Trinajstić information content (AvgIpc) is 3.56. The van der Waals surface area contributed by atoms with Gasteiger partial charge >= 0.3 is 0 Å². The highest BCUT2D eigenvalue weighted by Gasteiger charge is 2.75. The van der Waals surface area contributed by atoms with Gasteiger partial charge in [-0.25, -0.2) is 0 Å². The number of aromatic hydroxyl groups is 1. The van der Waals surface area contributed by atoms with Gasteiger partial charge in [-0.05, 0) is 91.6 Å². The molecule has 3 aliphatic carbocycles. The van der Waals surface area contributed by atoms with Crippen molar-refractivity contribution in [2.45, 2.75) is 55.3 Å². The third-order valence-electron chi connectivity index (χ3n) is 10.8. The van der Waals surface area contributed by atoms with E-state index in [9.17, 15) is 19.8 Å². The molecule has 43 heavy (non-hydrogen) atoms. The van der Waals surface area contributed by atoms with E-state index in [1.165, 1.54) is 12.8 Å². The molecule has 6 aliphatic rings. The van der Waals surface area contributed by atoms with Gasteiger partial charge < -0.3 is 29.7 Å². The minimum Gasteiger partial charge on any atom is -0.504 e. The standard InChI is InChI=1S/C34H32N2O7/c37-24-9-5-21-14-27-34(40)15-23(29(38)31-33(34,28(21)30(24)43-31)11-12-36(27)16-18-1-2-18)32(39)35-22-7-3-19(4-8-22)20-6-10-25-26(13-20)42-17-41-25/h3-10,13,18,23,27,31,37,40H,1-2,11-12,14-17H2,(H,35,39)/t23?,27-,31+,33+,34-/m1/s1. The van der Waals surface area contributed by atoms with Gasteiger partial charge in [0, 0.05) is 23.8 Å². The minimum absolute atomic E-state index is 0.0210. The number of piperidine rings is 1. The van der Waals surface area contributed by atoms with Crippen molar-refractivity contribution < 1.29 is 34.0 Å². The zero-order valence-electron chi connectivity index (χ0n) is 23.5. The van der Waals surface area contributed by atoms with E-state index in [-0.39, 0.29) is 30.8 Å². The number of phenols is 1. The number of ether oxygens (including phenoxy) is 3. The quantitative estimate of drug-likeness (QED) is 0.391. The fourth-order valence-electron chi connectivity index (χ4n) is 8.58. The maximum Gasteiger partial charge on any atom is 0.235 e. The summed E-state index contributed by atoms with van der Waals surface area (Å²) in [5, 5.41) is 26.5. The molecule has 1 amide bonds. The fourth-order valence-corrected chi connectivity index (χ4v) is 8.58. The van der Waals surface area contributed by atoms with Gasteiger partial charge in [0.05, 0.1) is 11.0 Å². The summed E-state index contributed by atoms with van der Waals surface area (Å²) < 4.78 is 17.2. The zero-order valence-corrected chi connectivity index (χ0v) is 23.5. The van der Waals surface area contributed by atoms with Crippen molar-refractivity contribution in [1.29, 1.82) is 0 Å². The number of hydrogen-bond acceptors (Lipinski definition) is 8. The number of rotatable bonds is 5. The van der Waals surface area contributed by atoms with Gasteiger partial charge in [0.2, 0.25) is 12.7 Å². The second-order valence-electron chi connectivity index (χ2n) is 13.0. The lowest BCUT2D eigenvalue weighted by atomic mass is 9.47. The summed E-state index contributed by atoms with van der Waals surface area (Å²) >= 11 is 0. The van der Waals surface area contributed by atoms with Crippen molar-refractivity contribution in [3.8, 4) is 34.1 Å². The Morgan fingerprint density at radius 2 is 1.81 bits per heavy atom. The van der Waals surface area contributed by atoms with Crippen LogP contribution in [0.25, 0.3) is 11.1 Å². The highest BCUT2D eigenvalue weighted by atomic mass is 16.7. The minimum atomic E-state index is -1.35. The van der Waals surface area contributed by atoms with Crippen molar-refractivity contribution >= 4 is 17.4 Å². The molecule has 5 atom stereocenters. The van der Waals surface area contributed by atoms with Crippen LogP contribution >= 0.6 is 0 Å². The van der Waals surface area contributed by atoms with Crippen molar-refractivity contribution in [1.82, 2.24) is 4.90 Å². The smallest absolute Gasteiger partial charge is 0.235 e. The van der Waals surface area contributed by atoms with Crippen molar-refractivity contribution in [3.63, 3.8) is 0 Å². The van der Waals surface area contributed by atoms with Gasteiger partial charge in [-0.15, -0.1) is 0 Å². The van der Waals surface area contributed by atoms with Gasteiger partial charge in [0.1, 0.15) is 5.92 Å². The number of anilines is 1. The summed E-state index contributed by atoms with van der Waals surface area (Å²) in [7, 11) is 0. The first-order valence-corrected chi connectivity index (χ1v) is 15.2. The lowest BCUT2D eigenvalue weighted by molar-refractivity contribution is -0.197. The van der Waals surface area contributed by atoms with E-state index in [2.05, 4.69) is 10.2 Å². The Kier molecular flexibility index (Phi) is 5.16. The predicted octanol–water partition coefficient (Wildman–Crippen LogP) is 3.79. The Balaban J connectivity index is 1.03. The number of hydrogen-bond donors (Lipinski definition) is 3. The van der Waals surface area contributed by atoms with Crippen LogP contribution in [-0.2, 0) is 21.4 Å². The van der Waals surface area contributed by atoms with E-state index in [1.54, 1.807) is 18.2 Å². The van der Waals surface area contributed by atoms with Crippen LogP contribution in [0, 0.1) is 11.8 Å². The molecule has 3 aliphatic heterocycles. The summed E-state index contributed by atoms with van der Waals surface area (Å²) in [6.07, 6.45) is 2.53. The number of nitrogens with one attached hydrogen (secondary N) is 1. The molecule has 1 spiro atoms. The van der Waals surface area contributed by atoms with Crippen LogP contribution in [-0.4, -0.2) is 64.4 Å².